The van der Waals surface area contributed by atoms with Crippen molar-refractivity contribution >= 4 is 17.5 Å². The molecule has 1 aromatic carbocycles. The molecule has 1 aliphatic heterocycles. The van der Waals surface area contributed by atoms with Crippen molar-refractivity contribution < 1.29 is 14.3 Å². The summed E-state index contributed by atoms with van der Waals surface area (Å²) in [7, 11) is 0. The van der Waals surface area contributed by atoms with Crippen LogP contribution >= 0.6 is 11.6 Å². The summed E-state index contributed by atoms with van der Waals surface area (Å²) >= 11 is 5.65. The number of hydrogen-bond acceptors (Lipinski definition) is 4. The van der Waals surface area contributed by atoms with E-state index in [9.17, 15) is 14.3 Å². The van der Waals surface area contributed by atoms with E-state index in [0.717, 1.165) is 0 Å². The summed E-state index contributed by atoms with van der Waals surface area (Å²) in [5.41, 5.74) is 8.59. The lowest BCUT2D eigenvalue weighted by atomic mass is 10.1. The SMILES string of the molecule is [N-]=[N+]=N[C@@H]1CN[C@H](C(=O)NCc2cccc(Cl)c2F)[C@H]1O. The quantitative estimate of drug-likeness (QED) is 0.440. The molecule has 1 aliphatic rings. The van der Waals surface area contributed by atoms with Gasteiger partial charge in [0.2, 0.25) is 5.91 Å². The number of benzene rings is 1. The fraction of sp³-hybridized carbons (Fsp3) is 0.417. The first-order valence-corrected chi connectivity index (χ1v) is 6.58. The molecule has 1 aromatic rings. The van der Waals surface area contributed by atoms with Crippen LogP contribution in [0.4, 0.5) is 4.39 Å². The van der Waals surface area contributed by atoms with E-state index in [4.69, 9.17) is 17.1 Å². The molecule has 3 N–H and O–H groups in total. The Kier molecular flexibility index (Phi) is 4.98. The van der Waals surface area contributed by atoms with Gasteiger partial charge in [-0.3, -0.25) is 4.79 Å². The summed E-state index contributed by atoms with van der Waals surface area (Å²) in [6, 6.07) is 2.89. The average Bonchev–Trinajstić information content (AvgIpc) is 2.82. The zero-order valence-corrected chi connectivity index (χ0v) is 11.6. The van der Waals surface area contributed by atoms with E-state index in [1.807, 2.05) is 0 Å². The number of aliphatic hydroxyl groups is 1. The molecular formula is C12H13ClFN5O2. The maximum absolute atomic E-state index is 13.7. The summed E-state index contributed by atoms with van der Waals surface area (Å²) in [5, 5.41) is 18.5. The van der Waals surface area contributed by atoms with E-state index in [1.54, 1.807) is 6.07 Å². The molecular weight excluding hydrogens is 301 g/mol. The molecule has 0 saturated carbocycles. The molecule has 0 aliphatic carbocycles. The lowest BCUT2D eigenvalue weighted by molar-refractivity contribution is -0.125. The van der Waals surface area contributed by atoms with E-state index >= 15 is 0 Å². The third kappa shape index (κ3) is 3.43. The van der Waals surface area contributed by atoms with Crippen molar-refractivity contribution in [1.29, 1.82) is 0 Å². The van der Waals surface area contributed by atoms with Crippen LogP contribution in [0, 0.1) is 5.82 Å². The van der Waals surface area contributed by atoms with Gasteiger partial charge in [-0.25, -0.2) is 4.39 Å². The molecule has 112 valence electrons. The molecule has 0 radical (unpaired) electrons. The van der Waals surface area contributed by atoms with Crippen molar-refractivity contribution in [2.75, 3.05) is 6.54 Å². The number of halogens is 2. The maximum atomic E-state index is 13.7. The molecule has 3 atom stereocenters. The van der Waals surface area contributed by atoms with Gasteiger partial charge in [0.15, 0.2) is 0 Å². The van der Waals surface area contributed by atoms with Crippen molar-refractivity contribution in [3.05, 3.63) is 45.0 Å². The summed E-state index contributed by atoms with van der Waals surface area (Å²) in [5.74, 6) is -1.09. The Labute approximate surface area is 124 Å². The Bertz CT molecular complexity index is 593. The van der Waals surface area contributed by atoms with Crippen LogP contribution in [0.5, 0.6) is 0 Å². The van der Waals surface area contributed by atoms with Crippen LogP contribution in [0.25, 0.3) is 10.4 Å². The minimum atomic E-state index is -1.12. The highest BCUT2D eigenvalue weighted by Crippen LogP contribution is 2.18. The number of nitrogens with one attached hydrogen (secondary N) is 2. The maximum Gasteiger partial charge on any atom is 0.240 e. The molecule has 1 heterocycles. The fourth-order valence-electron chi connectivity index (χ4n) is 2.11. The van der Waals surface area contributed by atoms with Crippen molar-refractivity contribution in [2.24, 2.45) is 5.11 Å². The number of rotatable bonds is 4. The predicted molar refractivity (Wildman–Crippen MR) is 74.0 cm³/mol. The van der Waals surface area contributed by atoms with Gasteiger partial charge in [-0.05, 0) is 11.6 Å². The minimum absolute atomic E-state index is 0.0239. The smallest absolute Gasteiger partial charge is 0.240 e. The third-order valence-corrected chi connectivity index (χ3v) is 3.54. The van der Waals surface area contributed by atoms with Crippen molar-refractivity contribution in [3.8, 4) is 0 Å². The van der Waals surface area contributed by atoms with E-state index in [0.29, 0.717) is 0 Å². The Hall–Kier alpha value is -1.86. The fourth-order valence-corrected chi connectivity index (χ4v) is 2.31. The van der Waals surface area contributed by atoms with Crippen LogP contribution in [0.15, 0.2) is 23.3 Å². The average molecular weight is 314 g/mol. The second-order valence-corrected chi connectivity index (χ2v) is 4.99. The van der Waals surface area contributed by atoms with E-state index in [-0.39, 0.29) is 23.7 Å². The molecule has 1 amide bonds. The van der Waals surface area contributed by atoms with Gasteiger partial charge in [0.25, 0.3) is 0 Å². The van der Waals surface area contributed by atoms with Gasteiger partial charge in [-0.2, -0.15) is 0 Å². The minimum Gasteiger partial charge on any atom is -0.390 e. The standard InChI is InChI=1S/C12H13ClFN5O2/c13-7-3-1-2-6(9(7)14)4-17-12(21)10-11(20)8(5-16-10)18-19-15/h1-3,8,10-11,16,20H,4-5H2,(H,17,21)/t8-,10+,11+/m1/s1. The molecule has 9 heteroatoms. The lowest BCUT2D eigenvalue weighted by Crippen LogP contribution is -2.46. The zero-order chi connectivity index (χ0) is 15.4. The van der Waals surface area contributed by atoms with Crippen LogP contribution in [-0.2, 0) is 11.3 Å². The van der Waals surface area contributed by atoms with Gasteiger partial charge in [0.05, 0.1) is 17.2 Å². The molecule has 0 spiro atoms. The number of nitrogens with zero attached hydrogens (tertiary/aromatic N) is 3. The van der Waals surface area contributed by atoms with Crippen molar-refractivity contribution in [1.82, 2.24) is 10.6 Å². The Balaban J connectivity index is 1.96. The largest absolute Gasteiger partial charge is 0.390 e. The van der Waals surface area contributed by atoms with Crippen LogP contribution in [-0.4, -0.2) is 35.7 Å². The molecule has 1 fully saturated rings. The second kappa shape index (κ2) is 6.73. The molecule has 0 bridgehead atoms. The third-order valence-electron chi connectivity index (χ3n) is 3.25. The summed E-state index contributed by atoms with van der Waals surface area (Å²) in [6.45, 7) is 0.150. The highest BCUT2D eigenvalue weighted by Gasteiger charge is 2.38. The number of aliphatic hydroxyl groups excluding tert-OH is 1. The normalized spacial score (nSPS) is 24.4. The highest BCUT2D eigenvalue weighted by atomic mass is 35.5. The van der Waals surface area contributed by atoms with Crippen LogP contribution in [0.2, 0.25) is 5.02 Å². The molecule has 0 unspecified atom stereocenters. The summed E-state index contributed by atoms with van der Waals surface area (Å²) in [6.07, 6.45) is -1.12. The Morgan fingerprint density at radius 1 is 1.67 bits per heavy atom. The molecule has 0 aromatic heterocycles. The van der Waals surface area contributed by atoms with Gasteiger partial charge in [0, 0.05) is 23.6 Å². The number of hydrogen-bond donors (Lipinski definition) is 3. The van der Waals surface area contributed by atoms with Gasteiger partial charge in [-0.1, -0.05) is 28.8 Å². The molecule has 1 saturated heterocycles. The summed E-state index contributed by atoms with van der Waals surface area (Å²) < 4.78 is 13.7. The first-order chi connectivity index (χ1) is 10.0. The van der Waals surface area contributed by atoms with Gasteiger partial charge >= 0.3 is 0 Å². The van der Waals surface area contributed by atoms with Gasteiger partial charge < -0.3 is 15.7 Å². The predicted octanol–water partition coefficient (Wildman–Crippen LogP) is 1.11. The molecule has 2 rings (SSSR count). The molecule has 21 heavy (non-hydrogen) atoms. The highest BCUT2D eigenvalue weighted by molar-refractivity contribution is 6.30. The van der Waals surface area contributed by atoms with E-state index < -0.39 is 29.9 Å². The number of carbonyl (C=O) groups excluding carboxylic acids is 1. The lowest BCUT2D eigenvalue weighted by Gasteiger charge is -2.16. The number of azide groups is 1. The Morgan fingerprint density at radius 3 is 3.14 bits per heavy atom. The number of amides is 1. The zero-order valence-electron chi connectivity index (χ0n) is 10.8. The summed E-state index contributed by atoms with van der Waals surface area (Å²) in [4.78, 5) is 14.6. The Morgan fingerprint density at radius 2 is 2.43 bits per heavy atom. The van der Waals surface area contributed by atoms with Crippen LogP contribution < -0.4 is 10.6 Å². The molecule has 7 nitrogen and oxygen atoms in total. The van der Waals surface area contributed by atoms with Gasteiger partial charge in [-0.15, -0.1) is 0 Å². The van der Waals surface area contributed by atoms with Crippen molar-refractivity contribution in [3.63, 3.8) is 0 Å². The monoisotopic (exact) mass is 313 g/mol. The van der Waals surface area contributed by atoms with Crippen LogP contribution in [0.3, 0.4) is 0 Å². The number of carbonyl (C=O) groups is 1. The second-order valence-electron chi connectivity index (χ2n) is 4.58. The topological polar surface area (TPSA) is 110 Å². The first kappa shape index (κ1) is 15.5. The first-order valence-electron chi connectivity index (χ1n) is 6.21. The van der Waals surface area contributed by atoms with Gasteiger partial charge in [0.1, 0.15) is 11.9 Å². The van der Waals surface area contributed by atoms with Crippen molar-refractivity contribution in [2.45, 2.75) is 24.7 Å². The van der Waals surface area contributed by atoms with E-state index in [1.165, 1.54) is 12.1 Å². The van der Waals surface area contributed by atoms with E-state index in [2.05, 4.69) is 20.7 Å². The van der Waals surface area contributed by atoms with Crippen LogP contribution in [0.1, 0.15) is 5.56 Å².